The molecule has 0 spiro atoms. The topological polar surface area (TPSA) is 30.9 Å². The van der Waals surface area contributed by atoms with Crippen LogP contribution in [-0.4, -0.2) is 45.4 Å². The molecule has 4 heteroatoms. The zero-order valence-electron chi connectivity index (χ0n) is 19.1. The molecule has 0 N–H and O–H groups in total. The average Bonchev–Trinajstić information content (AvgIpc) is 2.83. The Morgan fingerprint density at radius 2 is 1.35 bits per heavy atom. The summed E-state index contributed by atoms with van der Waals surface area (Å²) in [6.45, 7) is 4.69. The monoisotopic (exact) mass is 423 g/mol. The number of unbranched alkanes of at least 4 members (excludes halogenated alkanes) is 3. The van der Waals surface area contributed by atoms with E-state index in [4.69, 9.17) is 14.2 Å². The van der Waals surface area contributed by atoms with Gasteiger partial charge in [-0.2, -0.15) is 0 Å². The Morgan fingerprint density at radius 3 is 2.03 bits per heavy atom. The molecule has 0 atom stereocenters. The van der Waals surface area contributed by atoms with E-state index in [1.807, 2.05) is 30.3 Å². The highest BCUT2D eigenvalue weighted by atomic mass is 16.5. The first kappa shape index (κ1) is 23.2. The molecule has 0 amide bonds. The number of benzene rings is 2. The fourth-order valence-corrected chi connectivity index (χ4v) is 3.96. The fourth-order valence-electron chi connectivity index (χ4n) is 3.96. The van der Waals surface area contributed by atoms with Crippen LogP contribution in [0.1, 0.15) is 56.1 Å². The maximum absolute atomic E-state index is 5.91. The van der Waals surface area contributed by atoms with Gasteiger partial charge in [-0.25, -0.2) is 0 Å². The molecule has 2 aromatic rings. The zero-order valence-corrected chi connectivity index (χ0v) is 19.1. The summed E-state index contributed by atoms with van der Waals surface area (Å²) in [5.74, 6) is 2.51. The van der Waals surface area contributed by atoms with Gasteiger partial charge in [0.15, 0.2) is 0 Å². The van der Waals surface area contributed by atoms with E-state index in [-0.39, 0.29) is 0 Å². The van der Waals surface area contributed by atoms with E-state index in [9.17, 15) is 0 Å². The predicted octanol–water partition coefficient (Wildman–Crippen LogP) is 6.30. The maximum Gasteiger partial charge on any atom is 0.123 e. The van der Waals surface area contributed by atoms with Crippen molar-refractivity contribution in [3.8, 4) is 17.2 Å². The number of methoxy groups -OCH3 is 2. The average molecular weight is 424 g/mol. The maximum atomic E-state index is 5.91. The molecule has 0 aromatic heterocycles. The second-order valence-corrected chi connectivity index (χ2v) is 8.21. The van der Waals surface area contributed by atoms with Crippen LogP contribution in [0.5, 0.6) is 17.2 Å². The van der Waals surface area contributed by atoms with E-state index in [2.05, 4.69) is 29.2 Å². The second kappa shape index (κ2) is 13.1. The first-order chi connectivity index (χ1) is 15.3. The number of nitrogens with zero attached hydrogens (tertiary/aromatic N) is 1. The summed E-state index contributed by atoms with van der Waals surface area (Å²) in [6, 6.07) is 14.1. The van der Waals surface area contributed by atoms with E-state index in [0.29, 0.717) is 0 Å². The normalized spacial score (nSPS) is 14.6. The molecule has 0 unspecified atom stereocenters. The van der Waals surface area contributed by atoms with Crippen molar-refractivity contribution < 1.29 is 14.2 Å². The van der Waals surface area contributed by atoms with Gasteiger partial charge in [0.1, 0.15) is 17.2 Å². The lowest BCUT2D eigenvalue weighted by molar-refractivity contribution is 0.223. The summed E-state index contributed by atoms with van der Waals surface area (Å²) in [5.41, 5.74) is 2.17. The molecule has 31 heavy (non-hydrogen) atoms. The summed E-state index contributed by atoms with van der Waals surface area (Å²) in [6.07, 6.45) is 13.3. The van der Waals surface area contributed by atoms with Gasteiger partial charge in [-0.1, -0.05) is 43.5 Å². The molecule has 1 heterocycles. The third kappa shape index (κ3) is 8.29. The molecule has 0 aliphatic carbocycles. The molecule has 1 fully saturated rings. The summed E-state index contributed by atoms with van der Waals surface area (Å²) in [7, 11) is 3.33. The summed E-state index contributed by atoms with van der Waals surface area (Å²) < 4.78 is 16.6. The number of likely N-dealkylation sites (tertiary alicyclic amines) is 1. The van der Waals surface area contributed by atoms with Crippen molar-refractivity contribution in [2.24, 2.45) is 0 Å². The minimum atomic E-state index is 0.786. The zero-order chi connectivity index (χ0) is 21.7. The van der Waals surface area contributed by atoms with Gasteiger partial charge in [-0.05, 0) is 80.7 Å². The van der Waals surface area contributed by atoms with Crippen LogP contribution in [0.2, 0.25) is 0 Å². The first-order valence-electron chi connectivity index (χ1n) is 11.6. The lowest BCUT2D eigenvalue weighted by Crippen LogP contribution is -2.30. The predicted molar refractivity (Wildman–Crippen MR) is 129 cm³/mol. The Kier molecular flexibility index (Phi) is 9.78. The number of piperidine rings is 1. The van der Waals surface area contributed by atoms with Crippen LogP contribution in [0.25, 0.3) is 12.2 Å². The number of ether oxygens (including phenoxy) is 3. The second-order valence-electron chi connectivity index (χ2n) is 8.21. The molecule has 3 rings (SSSR count). The van der Waals surface area contributed by atoms with E-state index in [1.165, 1.54) is 58.2 Å². The highest BCUT2D eigenvalue weighted by Crippen LogP contribution is 2.24. The third-order valence-electron chi connectivity index (χ3n) is 5.81. The lowest BCUT2D eigenvalue weighted by Gasteiger charge is -2.26. The Morgan fingerprint density at radius 1 is 0.710 bits per heavy atom. The minimum Gasteiger partial charge on any atom is -0.497 e. The van der Waals surface area contributed by atoms with Gasteiger partial charge in [0.05, 0.1) is 20.8 Å². The third-order valence-corrected chi connectivity index (χ3v) is 5.81. The van der Waals surface area contributed by atoms with Gasteiger partial charge in [0.25, 0.3) is 0 Å². The quantitative estimate of drug-likeness (QED) is 0.296. The molecule has 0 radical (unpaired) electrons. The van der Waals surface area contributed by atoms with Crippen LogP contribution in [0.3, 0.4) is 0 Å². The number of rotatable bonds is 12. The largest absolute Gasteiger partial charge is 0.497 e. The minimum absolute atomic E-state index is 0.786. The molecular weight excluding hydrogens is 386 g/mol. The molecule has 0 bridgehead atoms. The molecular formula is C27H37NO3. The first-order valence-corrected chi connectivity index (χ1v) is 11.6. The van der Waals surface area contributed by atoms with Crippen molar-refractivity contribution in [1.29, 1.82) is 0 Å². The smallest absolute Gasteiger partial charge is 0.123 e. The highest BCUT2D eigenvalue weighted by molar-refractivity contribution is 5.71. The fraction of sp³-hybridized carbons (Fsp3) is 0.481. The van der Waals surface area contributed by atoms with Crippen LogP contribution < -0.4 is 14.2 Å². The van der Waals surface area contributed by atoms with Crippen molar-refractivity contribution in [2.45, 2.75) is 44.9 Å². The molecule has 1 aliphatic rings. The molecule has 0 saturated carbocycles. The molecule has 1 aliphatic heterocycles. The summed E-state index contributed by atoms with van der Waals surface area (Å²) >= 11 is 0. The summed E-state index contributed by atoms with van der Waals surface area (Å²) in [4.78, 5) is 2.63. The Bertz CT molecular complexity index is 772. The van der Waals surface area contributed by atoms with Crippen molar-refractivity contribution in [2.75, 3.05) is 40.5 Å². The molecule has 2 aromatic carbocycles. The number of hydrogen-bond acceptors (Lipinski definition) is 4. The van der Waals surface area contributed by atoms with E-state index in [1.54, 1.807) is 14.2 Å². The van der Waals surface area contributed by atoms with Crippen molar-refractivity contribution in [1.82, 2.24) is 4.90 Å². The van der Waals surface area contributed by atoms with Crippen LogP contribution in [0, 0.1) is 0 Å². The van der Waals surface area contributed by atoms with Gasteiger partial charge in [0.2, 0.25) is 0 Å². The van der Waals surface area contributed by atoms with Crippen LogP contribution in [0.4, 0.5) is 0 Å². The Labute approximate surface area is 187 Å². The van der Waals surface area contributed by atoms with Gasteiger partial charge < -0.3 is 19.1 Å². The van der Waals surface area contributed by atoms with E-state index in [0.717, 1.165) is 41.4 Å². The highest BCUT2D eigenvalue weighted by Gasteiger charge is 2.08. The molecule has 168 valence electrons. The molecule has 1 saturated heterocycles. The van der Waals surface area contributed by atoms with Gasteiger partial charge >= 0.3 is 0 Å². The van der Waals surface area contributed by atoms with E-state index >= 15 is 0 Å². The van der Waals surface area contributed by atoms with Crippen LogP contribution in [-0.2, 0) is 0 Å². The van der Waals surface area contributed by atoms with Gasteiger partial charge in [-0.3, -0.25) is 0 Å². The Balaban J connectivity index is 1.35. The van der Waals surface area contributed by atoms with Gasteiger partial charge in [-0.15, -0.1) is 0 Å². The Hall–Kier alpha value is -2.46. The van der Waals surface area contributed by atoms with E-state index < -0.39 is 0 Å². The van der Waals surface area contributed by atoms with Crippen molar-refractivity contribution in [3.63, 3.8) is 0 Å². The molecule has 4 nitrogen and oxygen atoms in total. The summed E-state index contributed by atoms with van der Waals surface area (Å²) in [5, 5.41) is 0. The van der Waals surface area contributed by atoms with Gasteiger partial charge in [0, 0.05) is 6.07 Å². The van der Waals surface area contributed by atoms with Crippen LogP contribution >= 0.6 is 0 Å². The van der Waals surface area contributed by atoms with Crippen LogP contribution in [0.15, 0.2) is 42.5 Å². The standard InChI is InChI=1S/C27H37NO3/c1-29-26-20-24(21-27(22-26)30-2)11-10-23-12-14-25(15-13-23)31-19-9-4-3-6-16-28-17-7-5-8-18-28/h10-15,20-22H,3-9,16-19H2,1-2H3/b11-10+. The number of hydrogen-bond donors (Lipinski definition) is 0. The SMILES string of the molecule is COc1cc(/C=C/c2ccc(OCCCCCCN3CCCCC3)cc2)cc(OC)c1. The van der Waals surface area contributed by atoms with Crippen molar-refractivity contribution in [3.05, 3.63) is 53.6 Å². The lowest BCUT2D eigenvalue weighted by atomic mass is 10.1. The van der Waals surface area contributed by atoms with Crippen molar-refractivity contribution >= 4 is 12.2 Å².